The summed E-state index contributed by atoms with van der Waals surface area (Å²) in [6.45, 7) is 2.62. The molecule has 6 nitrogen and oxygen atoms in total. The average Bonchev–Trinajstić information content (AvgIpc) is 2.46. The first-order valence-corrected chi connectivity index (χ1v) is 9.78. The van der Waals surface area contributed by atoms with E-state index in [9.17, 15) is 13.0 Å². The van der Waals surface area contributed by atoms with E-state index in [0.717, 1.165) is 19.4 Å². The second-order valence-electron chi connectivity index (χ2n) is 5.70. The van der Waals surface area contributed by atoms with E-state index < -0.39 is 23.1 Å². The molecule has 0 saturated carbocycles. The standard InChI is InChI=1S/C15H33NO5S.Na/c1-2-3-4-5-6-7-8-9-10-11-12-16-13-15(14-17)21-22(18,19)20;/h15-17H,2-14H2,1H3,(H,18,19,20);/q;+1/p-1. The van der Waals surface area contributed by atoms with Crippen LogP contribution in [0.2, 0.25) is 0 Å². The van der Waals surface area contributed by atoms with Gasteiger partial charge in [-0.1, -0.05) is 64.7 Å². The Bertz CT molecular complexity index is 341. The number of unbranched alkanes of at least 4 members (excludes halogenated alkanes) is 9. The van der Waals surface area contributed by atoms with E-state index in [0.29, 0.717) is 0 Å². The second-order valence-corrected chi connectivity index (χ2v) is 6.70. The molecule has 0 aliphatic rings. The fourth-order valence-corrected chi connectivity index (χ4v) is 2.76. The molecule has 0 aromatic rings. The maximum Gasteiger partial charge on any atom is 1.00 e. The number of hydrogen-bond acceptors (Lipinski definition) is 6. The molecule has 0 saturated heterocycles. The summed E-state index contributed by atoms with van der Waals surface area (Å²) < 4.78 is 35.4. The van der Waals surface area contributed by atoms with Crippen molar-refractivity contribution in [3.63, 3.8) is 0 Å². The molecular formula is C15H32NNaO5S. The zero-order valence-corrected chi connectivity index (χ0v) is 17.6. The van der Waals surface area contributed by atoms with E-state index in [4.69, 9.17) is 5.11 Å². The SMILES string of the molecule is CCCCCCCCCCCCNCC(CO)OS(=O)(=O)[O-].[Na+]. The minimum atomic E-state index is -4.75. The summed E-state index contributed by atoms with van der Waals surface area (Å²) in [6.07, 6.45) is 11.6. The summed E-state index contributed by atoms with van der Waals surface area (Å²) in [7, 11) is -4.75. The van der Waals surface area contributed by atoms with Gasteiger partial charge >= 0.3 is 29.6 Å². The Labute approximate surface area is 164 Å². The van der Waals surface area contributed by atoms with Crippen molar-refractivity contribution in [2.45, 2.75) is 77.2 Å². The van der Waals surface area contributed by atoms with Crippen molar-refractivity contribution in [2.24, 2.45) is 0 Å². The molecule has 0 amide bonds. The number of aliphatic hydroxyl groups excluding tert-OH is 1. The van der Waals surface area contributed by atoms with Crippen molar-refractivity contribution in [1.82, 2.24) is 5.32 Å². The third-order valence-electron chi connectivity index (χ3n) is 3.54. The summed E-state index contributed by atoms with van der Waals surface area (Å²) in [5.74, 6) is 0. The molecule has 0 aliphatic heterocycles. The Hall–Kier alpha value is 0.790. The molecule has 0 aromatic carbocycles. The van der Waals surface area contributed by atoms with Crippen LogP contribution in [0.15, 0.2) is 0 Å². The Morgan fingerprint density at radius 1 is 1.00 bits per heavy atom. The van der Waals surface area contributed by atoms with Gasteiger partial charge in [-0.3, -0.25) is 4.18 Å². The molecule has 0 radical (unpaired) electrons. The quantitative estimate of drug-likeness (QED) is 0.164. The van der Waals surface area contributed by atoms with Gasteiger partial charge in [0.25, 0.3) is 0 Å². The normalized spacial score (nSPS) is 12.8. The Morgan fingerprint density at radius 2 is 1.48 bits per heavy atom. The summed E-state index contributed by atoms with van der Waals surface area (Å²) >= 11 is 0. The van der Waals surface area contributed by atoms with Gasteiger partial charge in [0.05, 0.1) is 6.61 Å². The Morgan fingerprint density at radius 3 is 1.91 bits per heavy atom. The van der Waals surface area contributed by atoms with E-state index in [1.54, 1.807) is 0 Å². The molecule has 1 atom stereocenters. The van der Waals surface area contributed by atoms with Crippen molar-refractivity contribution in [3.8, 4) is 0 Å². The zero-order chi connectivity index (χ0) is 16.7. The van der Waals surface area contributed by atoms with Crippen LogP contribution in [0.1, 0.15) is 71.1 Å². The largest absolute Gasteiger partial charge is 1.00 e. The monoisotopic (exact) mass is 361 g/mol. The van der Waals surface area contributed by atoms with Crippen LogP contribution in [0.3, 0.4) is 0 Å². The number of aliphatic hydroxyl groups is 1. The molecule has 2 N–H and O–H groups in total. The topological polar surface area (TPSA) is 98.7 Å². The van der Waals surface area contributed by atoms with Crippen molar-refractivity contribution in [3.05, 3.63) is 0 Å². The summed E-state index contributed by atoms with van der Waals surface area (Å²) in [6, 6.07) is 0. The van der Waals surface area contributed by atoms with Gasteiger partial charge in [0, 0.05) is 6.54 Å². The summed E-state index contributed by atoms with van der Waals surface area (Å²) in [5.41, 5.74) is 0. The Kier molecular flexibility index (Phi) is 19.9. The van der Waals surface area contributed by atoms with Crippen LogP contribution in [0, 0.1) is 0 Å². The minimum Gasteiger partial charge on any atom is -0.726 e. The van der Waals surface area contributed by atoms with Gasteiger partial charge in [-0.2, -0.15) is 0 Å². The predicted molar refractivity (Wildman–Crippen MR) is 86.4 cm³/mol. The Balaban J connectivity index is 0. The van der Waals surface area contributed by atoms with Crippen molar-refractivity contribution >= 4 is 10.4 Å². The van der Waals surface area contributed by atoms with Crippen molar-refractivity contribution in [1.29, 1.82) is 0 Å². The van der Waals surface area contributed by atoms with E-state index in [1.807, 2.05) is 0 Å². The maximum atomic E-state index is 10.4. The second kappa shape index (κ2) is 17.6. The predicted octanol–water partition coefficient (Wildman–Crippen LogP) is -0.661. The maximum absolute atomic E-state index is 10.4. The molecule has 0 rings (SSSR count). The molecule has 0 spiro atoms. The van der Waals surface area contributed by atoms with Gasteiger partial charge in [0.15, 0.2) is 0 Å². The third-order valence-corrected chi connectivity index (χ3v) is 4.04. The van der Waals surface area contributed by atoms with Gasteiger partial charge in [-0.05, 0) is 13.0 Å². The first kappa shape index (κ1) is 26.0. The van der Waals surface area contributed by atoms with Gasteiger partial charge in [0.2, 0.25) is 10.4 Å². The first-order chi connectivity index (χ1) is 10.5. The molecule has 1 unspecified atom stereocenters. The molecule has 0 aromatic heterocycles. The van der Waals surface area contributed by atoms with E-state index in [1.165, 1.54) is 51.4 Å². The number of rotatable bonds is 16. The van der Waals surface area contributed by atoms with Gasteiger partial charge in [0.1, 0.15) is 6.10 Å². The molecule has 0 heterocycles. The molecule has 134 valence electrons. The smallest absolute Gasteiger partial charge is 0.726 e. The first-order valence-electron chi connectivity index (χ1n) is 8.45. The molecular weight excluding hydrogens is 329 g/mol. The fourth-order valence-electron chi connectivity index (χ4n) is 2.30. The van der Waals surface area contributed by atoms with Crippen molar-refractivity contribution < 1.29 is 51.8 Å². The molecule has 23 heavy (non-hydrogen) atoms. The average molecular weight is 361 g/mol. The van der Waals surface area contributed by atoms with Crippen LogP contribution in [-0.4, -0.2) is 43.9 Å². The number of hydrogen-bond donors (Lipinski definition) is 2. The van der Waals surface area contributed by atoms with Gasteiger partial charge < -0.3 is 15.0 Å². The van der Waals surface area contributed by atoms with Crippen LogP contribution in [-0.2, 0) is 14.6 Å². The molecule has 0 fully saturated rings. The minimum absolute atomic E-state index is 0. The molecule has 8 heteroatoms. The van der Waals surface area contributed by atoms with Crippen LogP contribution < -0.4 is 34.9 Å². The third kappa shape index (κ3) is 20.7. The van der Waals surface area contributed by atoms with Gasteiger partial charge in [-0.15, -0.1) is 0 Å². The summed E-state index contributed by atoms with van der Waals surface area (Å²) in [4.78, 5) is 0. The van der Waals surface area contributed by atoms with Gasteiger partial charge in [-0.25, -0.2) is 8.42 Å². The van der Waals surface area contributed by atoms with Crippen molar-refractivity contribution in [2.75, 3.05) is 19.7 Å². The van der Waals surface area contributed by atoms with Crippen LogP contribution >= 0.6 is 0 Å². The van der Waals surface area contributed by atoms with E-state index in [-0.39, 0.29) is 36.1 Å². The van der Waals surface area contributed by atoms with Crippen LogP contribution in [0.25, 0.3) is 0 Å². The van der Waals surface area contributed by atoms with Crippen LogP contribution in [0.5, 0.6) is 0 Å². The molecule has 0 aliphatic carbocycles. The zero-order valence-electron chi connectivity index (χ0n) is 14.8. The number of nitrogens with one attached hydrogen (secondary N) is 1. The fraction of sp³-hybridized carbons (Fsp3) is 1.00. The molecule has 0 bridgehead atoms. The van der Waals surface area contributed by atoms with E-state index in [2.05, 4.69) is 16.4 Å². The van der Waals surface area contributed by atoms with Crippen LogP contribution in [0.4, 0.5) is 0 Å². The summed E-state index contributed by atoms with van der Waals surface area (Å²) in [5, 5.41) is 11.9. The van der Waals surface area contributed by atoms with E-state index >= 15 is 0 Å².